The molecule has 0 saturated carbocycles. The van der Waals surface area contributed by atoms with Gasteiger partial charge in [-0.05, 0) is 58.5 Å². The van der Waals surface area contributed by atoms with E-state index in [4.69, 9.17) is 10.5 Å². The van der Waals surface area contributed by atoms with Crippen molar-refractivity contribution < 1.29 is 9.53 Å². The number of halogens is 1. The van der Waals surface area contributed by atoms with Gasteiger partial charge in [-0.1, -0.05) is 24.3 Å². The first-order chi connectivity index (χ1) is 9.29. The number of carbonyl (C=O) groups excluding carboxylic acids is 1. The fraction of sp³-hybridized carbons (Fsp3) is 0.562. The molecular weight excluding hydrogens is 288 g/mol. The van der Waals surface area contributed by atoms with Crippen LogP contribution in [0.1, 0.15) is 37.8 Å². The van der Waals surface area contributed by atoms with Gasteiger partial charge in [-0.25, -0.2) is 0 Å². The van der Waals surface area contributed by atoms with E-state index in [-0.39, 0.29) is 12.4 Å². The van der Waals surface area contributed by atoms with Gasteiger partial charge in [-0.3, -0.25) is 4.79 Å². The molecule has 0 aliphatic carbocycles. The van der Waals surface area contributed by atoms with E-state index in [0.29, 0.717) is 6.42 Å². The molecule has 1 aromatic carbocycles. The largest absolute Gasteiger partial charge is 0.367 e. The smallest absolute Gasteiger partial charge is 0.254 e. The normalized spacial score (nSPS) is 22.7. The molecule has 1 atom stereocenters. The third kappa shape index (κ3) is 3.23. The molecule has 1 amide bonds. The second-order valence-electron chi connectivity index (χ2n) is 6.26. The van der Waals surface area contributed by atoms with Crippen molar-refractivity contribution in [2.24, 2.45) is 5.73 Å². The van der Waals surface area contributed by atoms with E-state index in [1.807, 2.05) is 52.2 Å². The Bertz CT molecular complexity index is 517. The first-order valence-electron chi connectivity index (χ1n) is 7.04. The van der Waals surface area contributed by atoms with Crippen molar-refractivity contribution in [3.8, 4) is 0 Å². The van der Waals surface area contributed by atoms with Gasteiger partial charge in [0.15, 0.2) is 5.60 Å². The molecule has 0 saturated heterocycles. The minimum atomic E-state index is -0.990. The third-order valence-corrected chi connectivity index (χ3v) is 3.97. The van der Waals surface area contributed by atoms with Gasteiger partial charge in [0.05, 0.1) is 5.60 Å². The molecule has 1 aliphatic heterocycles. The van der Waals surface area contributed by atoms with E-state index in [2.05, 4.69) is 4.90 Å². The number of fused-ring (bicyclic) bond motifs is 1. The molecule has 4 nitrogen and oxygen atoms in total. The highest BCUT2D eigenvalue weighted by Gasteiger charge is 2.52. The Balaban J connectivity index is 0.00000220. The average Bonchev–Trinajstić information content (AvgIpc) is 2.59. The highest BCUT2D eigenvalue weighted by Crippen LogP contribution is 2.49. The van der Waals surface area contributed by atoms with Gasteiger partial charge in [0.1, 0.15) is 0 Å². The van der Waals surface area contributed by atoms with Crippen LogP contribution in [0.15, 0.2) is 24.3 Å². The minimum Gasteiger partial charge on any atom is -0.367 e. The molecule has 2 rings (SSSR count). The minimum absolute atomic E-state index is 0. The van der Waals surface area contributed by atoms with Crippen LogP contribution in [0.5, 0.6) is 0 Å². The lowest BCUT2D eigenvalue weighted by Gasteiger charge is -2.30. The summed E-state index contributed by atoms with van der Waals surface area (Å²) in [6.45, 7) is 4.88. The predicted molar refractivity (Wildman–Crippen MR) is 86.5 cm³/mol. The molecule has 5 heteroatoms. The molecule has 118 valence electrons. The van der Waals surface area contributed by atoms with Crippen LogP contribution in [0.25, 0.3) is 0 Å². The van der Waals surface area contributed by atoms with E-state index < -0.39 is 17.1 Å². The van der Waals surface area contributed by atoms with Crippen molar-refractivity contribution in [3.05, 3.63) is 35.4 Å². The van der Waals surface area contributed by atoms with Crippen LogP contribution in [0, 0.1) is 0 Å². The molecule has 0 radical (unpaired) electrons. The van der Waals surface area contributed by atoms with Crippen LogP contribution in [0.3, 0.4) is 0 Å². The zero-order valence-corrected chi connectivity index (χ0v) is 14.0. The zero-order valence-electron chi connectivity index (χ0n) is 13.2. The quantitative estimate of drug-likeness (QED) is 0.908. The summed E-state index contributed by atoms with van der Waals surface area (Å²) in [6.07, 6.45) is 1.47. The van der Waals surface area contributed by atoms with Gasteiger partial charge in [-0.2, -0.15) is 0 Å². The number of rotatable bonds is 5. The molecule has 1 unspecified atom stereocenters. The molecule has 1 aromatic rings. The lowest BCUT2D eigenvalue weighted by Crippen LogP contribution is -2.43. The Morgan fingerprint density at radius 1 is 1.24 bits per heavy atom. The van der Waals surface area contributed by atoms with Crippen LogP contribution in [0.4, 0.5) is 0 Å². The van der Waals surface area contributed by atoms with E-state index >= 15 is 0 Å². The fourth-order valence-electron chi connectivity index (χ4n) is 3.04. The lowest BCUT2D eigenvalue weighted by molar-refractivity contribution is -0.164. The summed E-state index contributed by atoms with van der Waals surface area (Å²) in [4.78, 5) is 14.2. The molecule has 0 spiro atoms. The van der Waals surface area contributed by atoms with Crippen molar-refractivity contribution in [1.29, 1.82) is 0 Å². The van der Waals surface area contributed by atoms with Crippen molar-refractivity contribution >= 4 is 18.3 Å². The summed E-state index contributed by atoms with van der Waals surface area (Å²) in [5, 5.41) is 0. The average molecular weight is 313 g/mol. The highest BCUT2D eigenvalue weighted by molar-refractivity contribution is 5.86. The molecular formula is C16H25ClN2O2. The Labute approximate surface area is 133 Å². The van der Waals surface area contributed by atoms with Gasteiger partial charge < -0.3 is 15.4 Å². The first kappa shape index (κ1) is 18.0. The van der Waals surface area contributed by atoms with Crippen molar-refractivity contribution in [3.63, 3.8) is 0 Å². The number of ether oxygens (including phenoxy) is 1. The van der Waals surface area contributed by atoms with Gasteiger partial charge >= 0.3 is 0 Å². The number of carbonyl (C=O) groups is 1. The molecule has 1 aliphatic rings. The maximum atomic E-state index is 12.1. The van der Waals surface area contributed by atoms with Gasteiger partial charge in [-0.15, -0.1) is 12.4 Å². The number of primary amides is 1. The van der Waals surface area contributed by atoms with E-state index in [9.17, 15) is 4.79 Å². The van der Waals surface area contributed by atoms with Crippen molar-refractivity contribution in [2.75, 3.05) is 20.6 Å². The first-order valence-corrected chi connectivity index (χ1v) is 7.04. The lowest BCUT2D eigenvalue weighted by atomic mass is 9.85. The van der Waals surface area contributed by atoms with Crippen LogP contribution in [-0.2, 0) is 20.7 Å². The summed E-state index contributed by atoms with van der Waals surface area (Å²) in [6, 6.07) is 7.89. The molecule has 2 N–H and O–H groups in total. The molecule has 0 fully saturated rings. The second-order valence-corrected chi connectivity index (χ2v) is 6.26. The summed E-state index contributed by atoms with van der Waals surface area (Å²) < 4.78 is 6.16. The van der Waals surface area contributed by atoms with Crippen LogP contribution >= 0.6 is 12.4 Å². The van der Waals surface area contributed by atoms with Crippen LogP contribution in [-0.4, -0.2) is 31.4 Å². The van der Waals surface area contributed by atoms with Gasteiger partial charge in [0.2, 0.25) is 0 Å². The maximum absolute atomic E-state index is 12.1. The number of amides is 1. The molecule has 1 heterocycles. The number of hydrogen-bond donors (Lipinski definition) is 1. The monoisotopic (exact) mass is 312 g/mol. The third-order valence-electron chi connectivity index (χ3n) is 3.97. The molecule has 0 bridgehead atoms. The predicted octanol–water partition coefficient (Wildman–Crippen LogP) is 2.40. The summed E-state index contributed by atoms with van der Waals surface area (Å²) in [5.41, 5.74) is 6.22. The van der Waals surface area contributed by atoms with Crippen molar-refractivity contribution in [1.82, 2.24) is 4.90 Å². The fourth-order valence-corrected chi connectivity index (χ4v) is 3.04. The zero-order chi connectivity index (χ0) is 15.0. The Kier molecular flexibility index (Phi) is 5.42. The van der Waals surface area contributed by atoms with Crippen LogP contribution < -0.4 is 5.73 Å². The van der Waals surface area contributed by atoms with E-state index in [1.165, 1.54) is 0 Å². The number of hydrogen-bond acceptors (Lipinski definition) is 3. The van der Waals surface area contributed by atoms with Gasteiger partial charge in [0.25, 0.3) is 5.91 Å². The van der Waals surface area contributed by atoms with Crippen LogP contribution in [0.2, 0.25) is 0 Å². The standard InChI is InChI=1S/C16H24N2O2.ClH/c1-15(2)12-8-5-6-9-13(12)16(20-15,14(17)19)10-7-11-18(3)4;/h5-6,8-9H,7,10-11H2,1-4H3,(H2,17,19);1H. The van der Waals surface area contributed by atoms with E-state index in [1.54, 1.807) is 0 Å². The number of nitrogens with two attached hydrogens (primary N) is 1. The maximum Gasteiger partial charge on any atom is 0.254 e. The van der Waals surface area contributed by atoms with E-state index in [0.717, 1.165) is 24.1 Å². The summed E-state index contributed by atoms with van der Waals surface area (Å²) in [7, 11) is 4.04. The Morgan fingerprint density at radius 3 is 2.33 bits per heavy atom. The molecule has 21 heavy (non-hydrogen) atoms. The Morgan fingerprint density at radius 2 is 1.81 bits per heavy atom. The SMILES string of the molecule is CN(C)CCCC1(C(N)=O)OC(C)(C)c2ccccc21.Cl. The Hall–Kier alpha value is -1.10. The molecule has 0 aromatic heterocycles. The highest BCUT2D eigenvalue weighted by atomic mass is 35.5. The van der Waals surface area contributed by atoms with Crippen molar-refractivity contribution in [2.45, 2.75) is 37.9 Å². The second kappa shape index (κ2) is 6.34. The summed E-state index contributed by atoms with van der Waals surface area (Å²) in [5.74, 6) is -0.394. The number of nitrogens with zero attached hydrogens (tertiary/aromatic N) is 1. The summed E-state index contributed by atoms with van der Waals surface area (Å²) >= 11 is 0. The topological polar surface area (TPSA) is 55.6 Å². The number of benzene rings is 1. The van der Waals surface area contributed by atoms with Gasteiger partial charge in [0, 0.05) is 0 Å².